The van der Waals surface area contributed by atoms with Crippen molar-refractivity contribution < 1.29 is 27.5 Å². The predicted octanol–water partition coefficient (Wildman–Crippen LogP) is 0.832. The van der Waals surface area contributed by atoms with Gasteiger partial charge in [-0.15, -0.1) is 11.6 Å². The number of ketones is 1. The molecule has 94 valence electrons. The maximum atomic E-state index is 12.1. The average Bonchev–Trinajstić information content (AvgIpc) is 2.21. The number of rotatable bonds is 6. The Labute approximate surface area is 95.3 Å². The zero-order valence-corrected chi connectivity index (χ0v) is 9.27. The van der Waals surface area contributed by atoms with Crippen molar-refractivity contribution in [2.24, 2.45) is 0 Å². The van der Waals surface area contributed by atoms with E-state index in [0.29, 0.717) is 4.90 Å². The van der Waals surface area contributed by atoms with Gasteiger partial charge >= 0.3 is 12.1 Å². The molecule has 0 aliphatic rings. The third kappa shape index (κ3) is 5.32. The normalized spacial score (nSPS) is 11.3. The Morgan fingerprint density at radius 2 is 1.94 bits per heavy atom. The molecule has 0 bridgehead atoms. The number of amides is 1. The highest BCUT2D eigenvalue weighted by molar-refractivity contribution is 6.28. The average molecular weight is 262 g/mol. The minimum absolute atomic E-state index is 0.0859. The van der Waals surface area contributed by atoms with Crippen LogP contribution in [-0.2, 0) is 14.3 Å². The molecule has 0 radical (unpaired) electrons. The summed E-state index contributed by atoms with van der Waals surface area (Å²) in [4.78, 5) is 22.1. The maximum absolute atomic E-state index is 12.1. The smallest absolute Gasteiger partial charge is 0.383 e. The lowest BCUT2D eigenvalue weighted by Gasteiger charge is -2.22. The van der Waals surface area contributed by atoms with Crippen molar-refractivity contribution in [3.8, 4) is 0 Å². The van der Waals surface area contributed by atoms with Gasteiger partial charge in [-0.3, -0.25) is 9.59 Å². The van der Waals surface area contributed by atoms with Crippen molar-refractivity contribution in [3.05, 3.63) is 0 Å². The fourth-order valence-corrected chi connectivity index (χ4v) is 0.973. The molecule has 16 heavy (non-hydrogen) atoms. The van der Waals surface area contributed by atoms with Gasteiger partial charge in [-0.2, -0.15) is 13.2 Å². The lowest BCUT2D eigenvalue weighted by atomic mass is 10.3. The van der Waals surface area contributed by atoms with E-state index in [1.165, 1.54) is 7.11 Å². The van der Waals surface area contributed by atoms with Gasteiger partial charge in [0.15, 0.2) is 5.78 Å². The third-order valence-corrected chi connectivity index (χ3v) is 1.91. The molecule has 0 unspecified atom stereocenters. The lowest BCUT2D eigenvalue weighted by molar-refractivity contribution is -0.186. The molecule has 0 aromatic rings. The van der Waals surface area contributed by atoms with Gasteiger partial charge in [0.25, 0.3) is 0 Å². The number of hydrogen-bond acceptors (Lipinski definition) is 3. The van der Waals surface area contributed by atoms with Crippen LogP contribution in [-0.4, -0.2) is 55.5 Å². The van der Waals surface area contributed by atoms with E-state index < -0.39 is 30.3 Å². The SMILES string of the molecule is COCCN(CC(=O)CCl)C(=O)C(F)(F)F. The third-order valence-electron chi connectivity index (χ3n) is 1.61. The van der Waals surface area contributed by atoms with E-state index in [4.69, 9.17) is 11.6 Å². The highest BCUT2D eigenvalue weighted by Crippen LogP contribution is 2.18. The molecule has 0 spiro atoms. The van der Waals surface area contributed by atoms with E-state index >= 15 is 0 Å². The molecule has 0 aromatic carbocycles. The van der Waals surface area contributed by atoms with Crippen molar-refractivity contribution in [1.29, 1.82) is 0 Å². The minimum Gasteiger partial charge on any atom is -0.383 e. The largest absolute Gasteiger partial charge is 0.471 e. The molecule has 0 N–H and O–H groups in total. The maximum Gasteiger partial charge on any atom is 0.471 e. The summed E-state index contributed by atoms with van der Waals surface area (Å²) in [7, 11) is 1.28. The standard InChI is InChI=1S/C8H11ClF3NO3/c1-16-3-2-13(5-6(14)4-9)7(15)8(10,11)12/h2-5H2,1H3. The number of carbonyl (C=O) groups is 2. The summed E-state index contributed by atoms with van der Waals surface area (Å²) < 4.78 is 40.9. The molecule has 0 rings (SSSR count). The van der Waals surface area contributed by atoms with Gasteiger partial charge < -0.3 is 9.64 Å². The molecule has 8 heteroatoms. The second-order valence-electron chi connectivity index (χ2n) is 2.89. The Kier molecular flexibility index (Phi) is 6.35. The first-order chi connectivity index (χ1) is 7.32. The van der Waals surface area contributed by atoms with Crippen LogP contribution in [0.3, 0.4) is 0 Å². The van der Waals surface area contributed by atoms with Gasteiger partial charge in [0.05, 0.1) is 19.0 Å². The molecule has 4 nitrogen and oxygen atoms in total. The van der Waals surface area contributed by atoms with Gasteiger partial charge in [0.2, 0.25) is 0 Å². The lowest BCUT2D eigenvalue weighted by Crippen LogP contribution is -2.45. The molecule has 1 amide bonds. The van der Waals surface area contributed by atoms with Crippen molar-refractivity contribution in [2.45, 2.75) is 6.18 Å². The van der Waals surface area contributed by atoms with Crippen LogP contribution in [0.4, 0.5) is 13.2 Å². The summed E-state index contributed by atoms with van der Waals surface area (Å²) in [6.45, 7) is -1.06. The number of alkyl halides is 4. The number of ether oxygens (including phenoxy) is 1. The van der Waals surface area contributed by atoms with Gasteiger partial charge in [-0.1, -0.05) is 0 Å². The van der Waals surface area contributed by atoms with Crippen LogP contribution in [0.1, 0.15) is 0 Å². The van der Waals surface area contributed by atoms with Crippen LogP contribution in [0.25, 0.3) is 0 Å². The molecular weight excluding hydrogens is 251 g/mol. The zero-order valence-electron chi connectivity index (χ0n) is 8.51. The monoisotopic (exact) mass is 261 g/mol. The van der Waals surface area contributed by atoms with E-state index in [-0.39, 0.29) is 13.2 Å². The second kappa shape index (κ2) is 6.70. The van der Waals surface area contributed by atoms with E-state index in [9.17, 15) is 22.8 Å². The van der Waals surface area contributed by atoms with Crippen molar-refractivity contribution in [1.82, 2.24) is 4.90 Å². The summed E-state index contributed by atoms with van der Waals surface area (Å²) in [5.74, 6) is -3.16. The molecule has 0 aromatic heterocycles. The van der Waals surface area contributed by atoms with Crippen LogP contribution in [0, 0.1) is 0 Å². The zero-order chi connectivity index (χ0) is 12.8. The minimum atomic E-state index is -5.00. The highest BCUT2D eigenvalue weighted by atomic mass is 35.5. The Morgan fingerprint density at radius 1 is 1.38 bits per heavy atom. The summed E-state index contributed by atoms with van der Waals surface area (Å²) in [6, 6.07) is 0. The topological polar surface area (TPSA) is 46.6 Å². The molecule has 0 atom stereocenters. The van der Waals surface area contributed by atoms with Crippen LogP contribution in [0.15, 0.2) is 0 Å². The number of nitrogens with zero attached hydrogens (tertiary/aromatic N) is 1. The Hall–Kier alpha value is -0.820. The molecule has 0 aliphatic heterocycles. The van der Waals surface area contributed by atoms with Gasteiger partial charge in [0, 0.05) is 13.7 Å². The Bertz CT molecular complexity index is 257. The Balaban J connectivity index is 4.53. The van der Waals surface area contributed by atoms with Crippen LogP contribution < -0.4 is 0 Å². The van der Waals surface area contributed by atoms with Crippen LogP contribution in [0.5, 0.6) is 0 Å². The van der Waals surface area contributed by atoms with E-state index in [1.807, 2.05) is 0 Å². The summed E-state index contributed by atoms with van der Waals surface area (Å²) in [5.41, 5.74) is 0. The van der Waals surface area contributed by atoms with E-state index in [2.05, 4.69) is 4.74 Å². The molecule has 0 heterocycles. The van der Waals surface area contributed by atoms with E-state index in [0.717, 1.165) is 0 Å². The fraction of sp³-hybridized carbons (Fsp3) is 0.750. The van der Waals surface area contributed by atoms with Crippen molar-refractivity contribution in [2.75, 3.05) is 32.7 Å². The summed E-state index contributed by atoms with van der Waals surface area (Å²) in [6.07, 6.45) is -5.00. The number of hydrogen-bond donors (Lipinski definition) is 0. The van der Waals surface area contributed by atoms with Gasteiger partial charge in [0.1, 0.15) is 0 Å². The summed E-state index contributed by atoms with van der Waals surface area (Å²) >= 11 is 5.15. The predicted molar refractivity (Wildman–Crippen MR) is 50.2 cm³/mol. The quantitative estimate of drug-likeness (QED) is 0.666. The van der Waals surface area contributed by atoms with Gasteiger partial charge in [-0.05, 0) is 0 Å². The first-order valence-electron chi connectivity index (χ1n) is 4.25. The second-order valence-corrected chi connectivity index (χ2v) is 3.16. The number of methoxy groups -OCH3 is 1. The number of carbonyl (C=O) groups excluding carboxylic acids is 2. The first kappa shape index (κ1) is 15.2. The van der Waals surface area contributed by atoms with Crippen LogP contribution >= 0.6 is 11.6 Å². The van der Waals surface area contributed by atoms with Crippen molar-refractivity contribution in [3.63, 3.8) is 0 Å². The molecule has 0 aliphatic carbocycles. The van der Waals surface area contributed by atoms with E-state index in [1.54, 1.807) is 0 Å². The molecule has 0 fully saturated rings. The molecule has 0 saturated heterocycles. The van der Waals surface area contributed by atoms with Crippen LogP contribution in [0.2, 0.25) is 0 Å². The van der Waals surface area contributed by atoms with Crippen molar-refractivity contribution >= 4 is 23.3 Å². The fourth-order valence-electron chi connectivity index (χ4n) is 0.888. The highest BCUT2D eigenvalue weighted by Gasteiger charge is 2.42. The number of halogens is 4. The number of Topliss-reactive ketones (excluding diaryl/α,β-unsaturated/α-hetero) is 1. The summed E-state index contributed by atoms with van der Waals surface area (Å²) in [5, 5.41) is 0. The first-order valence-corrected chi connectivity index (χ1v) is 4.79. The molecular formula is C8H11ClF3NO3. The Morgan fingerprint density at radius 3 is 2.31 bits per heavy atom. The molecule has 0 saturated carbocycles. The van der Waals surface area contributed by atoms with Gasteiger partial charge in [-0.25, -0.2) is 0 Å².